The van der Waals surface area contributed by atoms with Gasteiger partial charge in [0.25, 0.3) is 0 Å². The summed E-state index contributed by atoms with van der Waals surface area (Å²) >= 11 is 0. The summed E-state index contributed by atoms with van der Waals surface area (Å²) in [6.45, 7) is 7.32. The van der Waals surface area contributed by atoms with Crippen molar-refractivity contribution < 1.29 is 29.3 Å². The number of aliphatic hydroxyl groups excluding tert-OH is 2. The molecule has 0 saturated carbocycles. The van der Waals surface area contributed by atoms with Crippen LogP contribution < -0.4 is 9.47 Å². The van der Waals surface area contributed by atoms with E-state index in [2.05, 4.69) is 13.5 Å². The molecule has 0 radical (unpaired) electrons. The second kappa shape index (κ2) is 15.1. The van der Waals surface area contributed by atoms with E-state index in [4.69, 9.17) is 14.6 Å². The number of carbonyl (C=O) groups is 2. The van der Waals surface area contributed by atoms with Crippen molar-refractivity contribution in [3.05, 3.63) is 60.2 Å². The molecule has 0 aliphatic carbocycles. The lowest BCUT2D eigenvalue weighted by molar-refractivity contribution is -0.138. The molecular formula is C29H38O6. The van der Waals surface area contributed by atoms with Gasteiger partial charge in [0.1, 0.15) is 11.5 Å². The first-order valence-corrected chi connectivity index (χ1v) is 12.5. The maximum Gasteiger partial charge on any atom is 0.338 e. The van der Waals surface area contributed by atoms with E-state index in [1.54, 1.807) is 19.1 Å². The fraction of sp³-hybridized carbons (Fsp3) is 0.448. The fourth-order valence-corrected chi connectivity index (χ4v) is 3.67. The molecule has 2 aromatic rings. The number of rotatable bonds is 15. The molecule has 0 amide bonds. The van der Waals surface area contributed by atoms with E-state index >= 15 is 0 Å². The van der Waals surface area contributed by atoms with Crippen molar-refractivity contribution in [1.29, 1.82) is 0 Å². The zero-order valence-corrected chi connectivity index (χ0v) is 20.9. The average molecular weight is 483 g/mol. The Morgan fingerprint density at radius 3 is 2.31 bits per heavy atom. The predicted octanol–water partition coefficient (Wildman–Crippen LogP) is 5.63. The average Bonchev–Trinajstić information content (AvgIpc) is 2.85. The highest BCUT2D eigenvalue weighted by molar-refractivity contribution is 5.90. The Morgan fingerprint density at radius 1 is 0.943 bits per heavy atom. The van der Waals surface area contributed by atoms with Crippen molar-refractivity contribution in [2.75, 3.05) is 13.2 Å². The maximum absolute atomic E-state index is 12.7. The van der Waals surface area contributed by atoms with Crippen molar-refractivity contribution in [3.8, 4) is 22.6 Å². The van der Waals surface area contributed by atoms with Crippen LogP contribution in [0, 0.1) is 5.92 Å². The van der Waals surface area contributed by atoms with Crippen LogP contribution in [0.4, 0.5) is 0 Å². The van der Waals surface area contributed by atoms with Crippen molar-refractivity contribution in [1.82, 2.24) is 0 Å². The van der Waals surface area contributed by atoms with Crippen molar-refractivity contribution >= 4 is 11.9 Å². The van der Waals surface area contributed by atoms with E-state index in [-0.39, 0.29) is 25.2 Å². The number of unbranched alkanes of at least 4 members (excludes halogenated alkanes) is 4. The standard InChI is InChI=1S/C29H38O6/c1-4-5-6-7-9-14-24-19-27(35-29(33)22(3)16-18-31)25(23-12-10-8-11-13-23)20-26(24)34-28(32)21(2)15-17-30/h8,10-13,19-20,22,30-31H,2,4-7,9,14-18H2,1,3H3. The smallest absolute Gasteiger partial charge is 0.338 e. The second-order valence-corrected chi connectivity index (χ2v) is 8.79. The lowest BCUT2D eigenvalue weighted by atomic mass is 9.98. The molecule has 2 aromatic carbocycles. The third-order valence-electron chi connectivity index (χ3n) is 5.88. The molecular weight excluding hydrogens is 444 g/mol. The minimum Gasteiger partial charge on any atom is -0.426 e. The van der Waals surface area contributed by atoms with E-state index < -0.39 is 17.9 Å². The molecule has 1 unspecified atom stereocenters. The highest BCUT2D eigenvalue weighted by Gasteiger charge is 2.21. The lowest BCUT2D eigenvalue weighted by Gasteiger charge is -2.18. The first-order valence-electron chi connectivity index (χ1n) is 12.5. The Morgan fingerprint density at radius 2 is 1.66 bits per heavy atom. The van der Waals surface area contributed by atoms with E-state index in [1.165, 1.54) is 6.42 Å². The van der Waals surface area contributed by atoms with Gasteiger partial charge in [-0.1, -0.05) is 76.4 Å². The number of carbonyl (C=O) groups excluding carboxylic acids is 2. The zero-order chi connectivity index (χ0) is 25.6. The van der Waals surface area contributed by atoms with Crippen LogP contribution >= 0.6 is 0 Å². The fourth-order valence-electron chi connectivity index (χ4n) is 3.67. The van der Waals surface area contributed by atoms with Gasteiger partial charge in [-0.2, -0.15) is 0 Å². The molecule has 35 heavy (non-hydrogen) atoms. The second-order valence-electron chi connectivity index (χ2n) is 8.79. The summed E-state index contributed by atoms with van der Waals surface area (Å²) in [6.07, 6.45) is 6.49. The van der Waals surface area contributed by atoms with Crippen molar-refractivity contribution in [2.24, 2.45) is 5.92 Å². The summed E-state index contributed by atoms with van der Waals surface area (Å²) < 4.78 is 11.5. The number of hydrogen-bond acceptors (Lipinski definition) is 6. The summed E-state index contributed by atoms with van der Waals surface area (Å²) in [5, 5.41) is 18.4. The summed E-state index contributed by atoms with van der Waals surface area (Å²) in [5.74, 6) is -0.687. The Hall–Kier alpha value is -2.96. The molecule has 0 spiro atoms. The monoisotopic (exact) mass is 482 g/mol. The van der Waals surface area contributed by atoms with Gasteiger partial charge >= 0.3 is 11.9 Å². The highest BCUT2D eigenvalue weighted by Crippen LogP contribution is 2.38. The molecule has 0 aliphatic rings. The molecule has 2 rings (SSSR count). The minimum atomic E-state index is -0.591. The molecule has 0 aliphatic heterocycles. The largest absolute Gasteiger partial charge is 0.426 e. The number of esters is 2. The van der Waals surface area contributed by atoms with Crippen LogP contribution in [0.5, 0.6) is 11.5 Å². The molecule has 1 atom stereocenters. The Kier molecular flexibility index (Phi) is 12.2. The number of benzene rings is 2. The molecule has 0 saturated heterocycles. The Balaban J connectivity index is 2.47. The highest BCUT2D eigenvalue weighted by atomic mass is 16.5. The van der Waals surface area contributed by atoms with Crippen LogP contribution in [0.15, 0.2) is 54.6 Å². The first-order chi connectivity index (χ1) is 16.9. The minimum absolute atomic E-state index is 0.0998. The molecule has 190 valence electrons. The molecule has 6 nitrogen and oxygen atoms in total. The van der Waals surface area contributed by atoms with Gasteiger partial charge in [0.05, 0.1) is 5.92 Å². The normalized spacial score (nSPS) is 11.7. The predicted molar refractivity (Wildman–Crippen MR) is 137 cm³/mol. The van der Waals surface area contributed by atoms with Crippen LogP contribution in [0.2, 0.25) is 0 Å². The van der Waals surface area contributed by atoms with Gasteiger partial charge < -0.3 is 19.7 Å². The van der Waals surface area contributed by atoms with E-state index in [0.717, 1.165) is 36.8 Å². The number of aryl methyl sites for hydroxylation is 1. The van der Waals surface area contributed by atoms with Gasteiger partial charge in [-0.3, -0.25) is 4.79 Å². The quantitative estimate of drug-likeness (QED) is 0.148. The summed E-state index contributed by atoms with van der Waals surface area (Å²) in [6, 6.07) is 13.0. The topological polar surface area (TPSA) is 93.1 Å². The SMILES string of the molecule is C=C(CCO)C(=O)Oc1cc(-c2ccccc2)c(OC(=O)C(C)CCO)cc1CCCCCCC. The summed E-state index contributed by atoms with van der Waals surface area (Å²) in [4.78, 5) is 25.3. The Bertz CT molecular complexity index is 967. The first kappa shape index (κ1) is 28.3. The molecule has 0 aromatic heterocycles. The van der Waals surface area contributed by atoms with Crippen LogP contribution in [0.1, 0.15) is 64.4 Å². The van der Waals surface area contributed by atoms with Crippen LogP contribution in [0.25, 0.3) is 11.1 Å². The van der Waals surface area contributed by atoms with Crippen molar-refractivity contribution in [3.63, 3.8) is 0 Å². The van der Waals surface area contributed by atoms with Gasteiger partial charge in [-0.15, -0.1) is 0 Å². The van der Waals surface area contributed by atoms with E-state index in [9.17, 15) is 14.7 Å². The van der Waals surface area contributed by atoms with Gasteiger partial charge in [0, 0.05) is 30.8 Å². The molecule has 2 N–H and O–H groups in total. The van der Waals surface area contributed by atoms with Crippen LogP contribution in [0.3, 0.4) is 0 Å². The van der Waals surface area contributed by atoms with Gasteiger partial charge in [-0.05, 0) is 42.5 Å². The van der Waals surface area contributed by atoms with E-state index in [1.807, 2.05) is 30.3 Å². The third-order valence-corrected chi connectivity index (χ3v) is 5.88. The van der Waals surface area contributed by atoms with E-state index in [0.29, 0.717) is 29.9 Å². The number of ether oxygens (including phenoxy) is 2. The van der Waals surface area contributed by atoms with Crippen LogP contribution in [-0.2, 0) is 16.0 Å². The zero-order valence-electron chi connectivity index (χ0n) is 20.9. The molecule has 0 fully saturated rings. The maximum atomic E-state index is 12.7. The molecule has 6 heteroatoms. The molecule has 0 bridgehead atoms. The third kappa shape index (κ3) is 8.96. The van der Waals surface area contributed by atoms with Crippen LogP contribution in [-0.4, -0.2) is 35.4 Å². The van der Waals surface area contributed by atoms with Gasteiger partial charge in [0.15, 0.2) is 0 Å². The summed E-state index contributed by atoms with van der Waals surface area (Å²) in [7, 11) is 0. The number of aliphatic hydroxyl groups is 2. The summed E-state index contributed by atoms with van der Waals surface area (Å²) in [5.41, 5.74) is 2.39. The van der Waals surface area contributed by atoms with Crippen molar-refractivity contribution in [2.45, 2.75) is 65.2 Å². The number of hydrogen-bond donors (Lipinski definition) is 2. The lowest BCUT2D eigenvalue weighted by Crippen LogP contribution is -2.19. The Labute approximate surface area is 208 Å². The molecule has 0 heterocycles. The van der Waals surface area contributed by atoms with Gasteiger partial charge in [0.2, 0.25) is 0 Å². The van der Waals surface area contributed by atoms with Gasteiger partial charge in [-0.25, -0.2) is 4.79 Å².